The van der Waals surface area contributed by atoms with Gasteiger partial charge in [0.25, 0.3) is 0 Å². The van der Waals surface area contributed by atoms with Gasteiger partial charge in [-0.25, -0.2) is 0 Å². The van der Waals surface area contributed by atoms with E-state index in [4.69, 9.17) is 6.42 Å². The Bertz CT molecular complexity index is 261. The molecule has 2 unspecified atom stereocenters. The van der Waals surface area contributed by atoms with Crippen LogP contribution >= 0.6 is 0 Å². The molecular weight excluding hydrogens is 218 g/mol. The molecule has 0 aromatic carbocycles. The molecule has 1 N–H and O–H groups in total. The molecular formula is C17H33N. The minimum Gasteiger partial charge on any atom is -0.314 e. The summed E-state index contributed by atoms with van der Waals surface area (Å²) in [5, 5.41) is 3.64. The summed E-state index contributed by atoms with van der Waals surface area (Å²) in [5.74, 6) is 3.02. The summed E-state index contributed by atoms with van der Waals surface area (Å²) in [6.07, 6.45) is 11.6. The average molecular weight is 251 g/mol. The maximum Gasteiger partial charge on any atom is 0.0289 e. The smallest absolute Gasteiger partial charge is 0.0289 e. The summed E-state index contributed by atoms with van der Waals surface area (Å²) in [7, 11) is 0. The normalized spacial score (nSPS) is 16.9. The molecule has 1 heteroatoms. The molecule has 18 heavy (non-hydrogen) atoms. The van der Waals surface area contributed by atoms with E-state index in [0.29, 0.717) is 6.04 Å². The molecule has 0 fully saturated rings. The van der Waals surface area contributed by atoms with Crippen molar-refractivity contribution in [1.82, 2.24) is 5.32 Å². The third-order valence-corrected chi connectivity index (χ3v) is 3.67. The number of nitrogens with one attached hydrogen (secondary N) is 1. The average Bonchev–Trinajstić information content (AvgIpc) is 2.27. The SMILES string of the molecule is C#CC(C)(CCC)CC(C)(C)CNC(C)CCC. The first-order valence-corrected chi connectivity index (χ1v) is 7.49. The number of hydrogen-bond donors (Lipinski definition) is 1. The molecule has 0 aliphatic carbocycles. The summed E-state index contributed by atoms with van der Waals surface area (Å²) in [5.41, 5.74) is 0.312. The standard InChI is InChI=1S/C17H33N/c1-8-11-15(4)18-14-16(5,6)13-17(7,10-3)12-9-2/h3,15,18H,8-9,11-14H2,1-2,4-7H3. The van der Waals surface area contributed by atoms with Crippen molar-refractivity contribution < 1.29 is 0 Å². The second-order valence-electron chi connectivity index (χ2n) is 6.87. The second kappa shape index (κ2) is 7.85. The molecule has 0 amide bonds. The molecule has 106 valence electrons. The zero-order valence-corrected chi connectivity index (χ0v) is 13.4. The van der Waals surface area contributed by atoms with Crippen LogP contribution in [0.4, 0.5) is 0 Å². The molecule has 0 aliphatic heterocycles. The number of terminal acetylenes is 1. The Hall–Kier alpha value is -0.480. The molecule has 0 spiro atoms. The van der Waals surface area contributed by atoms with E-state index in [2.05, 4.69) is 52.8 Å². The largest absolute Gasteiger partial charge is 0.314 e. The van der Waals surface area contributed by atoms with Crippen LogP contribution in [0.3, 0.4) is 0 Å². The van der Waals surface area contributed by atoms with Gasteiger partial charge in [-0.05, 0) is 38.5 Å². The molecule has 0 saturated heterocycles. The van der Waals surface area contributed by atoms with Crippen LogP contribution in [0, 0.1) is 23.2 Å². The van der Waals surface area contributed by atoms with Gasteiger partial charge in [0.15, 0.2) is 0 Å². The van der Waals surface area contributed by atoms with Crippen molar-refractivity contribution >= 4 is 0 Å². The topological polar surface area (TPSA) is 12.0 Å². The fraction of sp³-hybridized carbons (Fsp3) is 0.882. The van der Waals surface area contributed by atoms with Gasteiger partial charge in [-0.15, -0.1) is 12.3 Å². The van der Waals surface area contributed by atoms with E-state index >= 15 is 0 Å². The Morgan fingerprint density at radius 2 is 1.78 bits per heavy atom. The molecule has 0 saturated carbocycles. The molecule has 0 heterocycles. The van der Waals surface area contributed by atoms with Crippen molar-refractivity contribution in [2.24, 2.45) is 10.8 Å². The number of rotatable bonds is 9. The van der Waals surface area contributed by atoms with Crippen LogP contribution in [0.25, 0.3) is 0 Å². The van der Waals surface area contributed by atoms with Crippen LogP contribution in [0.2, 0.25) is 0 Å². The lowest BCUT2D eigenvalue weighted by Gasteiger charge is -2.35. The van der Waals surface area contributed by atoms with Crippen molar-refractivity contribution in [3.8, 4) is 12.3 Å². The highest BCUT2D eigenvalue weighted by atomic mass is 14.9. The van der Waals surface area contributed by atoms with Crippen LogP contribution in [-0.4, -0.2) is 12.6 Å². The van der Waals surface area contributed by atoms with E-state index in [1.54, 1.807) is 0 Å². The third-order valence-electron chi connectivity index (χ3n) is 3.67. The Kier molecular flexibility index (Phi) is 7.64. The van der Waals surface area contributed by atoms with Gasteiger partial charge < -0.3 is 5.32 Å². The monoisotopic (exact) mass is 251 g/mol. The van der Waals surface area contributed by atoms with Crippen molar-refractivity contribution in [2.75, 3.05) is 6.54 Å². The first kappa shape index (κ1) is 17.5. The van der Waals surface area contributed by atoms with Crippen molar-refractivity contribution in [3.05, 3.63) is 0 Å². The fourth-order valence-electron chi connectivity index (χ4n) is 2.87. The Labute approximate surface area is 115 Å². The lowest BCUT2D eigenvalue weighted by Crippen LogP contribution is -2.38. The van der Waals surface area contributed by atoms with Gasteiger partial charge in [0.2, 0.25) is 0 Å². The predicted octanol–water partition coefficient (Wildman–Crippen LogP) is 4.62. The maximum absolute atomic E-state index is 5.73. The van der Waals surface area contributed by atoms with Crippen molar-refractivity contribution in [1.29, 1.82) is 0 Å². The zero-order chi connectivity index (χ0) is 14.2. The van der Waals surface area contributed by atoms with Gasteiger partial charge in [0, 0.05) is 18.0 Å². The molecule has 0 rings (SSSR count). The van der Waals surface area contributed by atoms with Gasteiger partial charge in [-0.2, -0.15) is 0 Å². The quantitative estimate of drug-likeness (QED) is 0.590. The molecule has 1 nitrogen and oxygen atoms in total. The van der Waals surface area contributed by atoms with Crippen LogP contribution in [0.1, 0.15) is 73.6 Å². The molecule has 0 radical (unpaired) electrons. The van der Waals surface area contributed by atoms with Gasteiger partial charge in [-0.3, -0.25) is 0 Å². The molecule has 2 atom stereocenters. The summed E-state index contributed by atoms with van der Waals surface area (Å²) in [4.78, 5) is 0. The second-order valence-corrected chi connectivity index (χ2v) is 6.87. The molecule has 0 aliphatic rings. The van der Waals surface area contributed by atoms with Gasteiger partial charge in [-0.1, -0.05) is 40.5 Å². The van der Waals surface area contributed by atoms with E-state index in [1.807, 2.05) is 0 Å². The minimum absolute atomic E-state index is 0.0495. The highest BCUT2D eigenvalue weighted by Crippen LogP contribution is 2.36. The van der Waals surface area contributed by atoms with E-state index in [-0.39, 0.29) is 10.8 Å². The Balaban J connectivity index is 4.33. The van der Waals surface area contributed by atoms with Gasteiger partial charge in [0.05, 0.1) is 0 Å². The predicted molar refractivity (Wildman–Crippen MR) is 82.6 cm³/mol. The first-order valence-electron chi connectivity index (χ1n) is 7.49. The number of hydrogen-bond acceptors (Lipinski definition) is 1. The van der Waals surface area contributed by atoms with Gasteiger partial charge >= 0.3 is 0 Å². The summed E-state index contributed by atoms with van der Waals surface area (Å²) in [6.45, 7) is 14.6. The highest BCUT2D eigenvalue weighted by Gasteiger charge is 2.30. The Morgan fingerprint density at radius 3 is 2.22 bits per heavy atom. The van der Waals surface area contributed by atoms with Crippen LogP contribution in [0.5, 0.6) is 0 Å². The Morgan fingerprint density at radius 1 is 1.17 bits per heavy atom. The van der Waals surface area contributed by atoms with Crippen LogP contribution in [0.15, 0.2) is 0 Å². The third kappa shape index (κ3) is 7.07. The minimum atomic E-state index is 0.0495. The van der Waals surface area contributed by atoms with Crippen molar-refractivity contribution in [2.45, 2.75) is 79.7 Å². The summed E-state index contributed by atoms with van der Waals surface area (Å²) >= 11 is 0. The van der Waals surface area contributed by atoms with Crippen molar-refractivity contribution in [3.63, 3.8) is 0 Å². The molecule has 0 aromatic heterocycles. The van der Waals surface area contributed by atoms with E-state index in [9.17, 15) is 0 Å². The fourth-order valence-corrected chi connectivity index (χ4v) is 2.87. The summed E-state index contributed by atoms with van der Waals surface area (Å²) < 4.78 is 0. The molecule has 0 bridgehead atoms. The van der Waals surface area contributed by atoms with Crippen LogP contribution in [-0.2, 0) is 0 Å². The first-order chi connectivity index (χ1) is 8.28. The zero-order valence-electron chi connectivity index (χ0n) is 13.4. The highest BCUT2D eigenvalue weighted by molar-refractivity contribution is 5.05. The van der Waals surface area contributed by atoms with Gasteiger partial charge in [0.1, 0.15) is 0 Å². The van der Waals surface area contributed by atoms with E-state index < -0.39 is 0 Å². The van der Waals surface area contributed by atoms with E-state index in [0.717, 1.165) is 25.8 Å². The van der Waals surface area contributed by atoms with E-state index in [1.165, 1.54) is 12.8 Å². The lowest BCUT2D eigenvalue weighted by molar-refractivity contribution is 0.205. The van der Waals surface area contributed by atoms with Crippen LogP contribution < -0.4 is 5.32 Å². The maximum atomic E-state index is 5.73. The lowest BCUT2D eigenvalue weighted by atomic mass is 9.72. The summed E-state index contributed by atoms with van der Waals surface area (Å²) in [6, 6.07) is 0.609. The molecule has 0 aromatic rings.